The van der Waals surface area contributed by atoms with Crippen molar-refractivity contribution in [1.29, 1.82) is 0 Å². The zero-order valence-electron chi connectivity index (χ0n) is 11.5. The van der Waals surface area contributed by atoms with Crippen LogP contribution in [0.3, 0.4) is 0 Å². The van der Waals surface area contributed by atoms with Gasteiger partial charge in [-0.15, -0.1) is 0 Å². The third-order valence-electron chi connectivity index (χ3n) is 2.97. The number of aliphatic hydroxyl groups excluding tert-OH is 1. The summed E-state index contributed by atoms with van der Waals surface area (Å²) in [6, 6.07) is 11.8. The highest BCUT2D eigenvalue weighted by Gasteiger charge is 2.07. The zero-order chi connectivity index (χ0) is 15.1. The Morgan fingerprint density at radius 2 is 1.95 bits per heavy atom. The van der Waals surface area contributed by atoms with Gasteiger partial charge in [0.25, 0.3) is 0 Å². The summed E-state index contributed by atoms with van der Waals surface area (Å²) in [7, 11) is 0. The minimum atomic E-state index is -0.286. The summed E-state index contributed by atoms with van der Waals surface area (Å²) in [6.45, 7) is 1.22. The molecule has 0 aliphatic rings. The number of aliphatic hydroxyl groups is 1. The van der Waals surface area contributed by atoms with E-state index in [1.54, 1.807) is 36.4 Å². The Morgan fingerprint density at radius 3 is 2.71 bits per heavy atom. The Hall–Kier alpha value is -1.62. The molecule has 3 nitrogen and oxygen atoms in total. The third-order valence-corrected chi connectivity index (χ3v) is 3.20. The van der Waals surface area contributed by atoms with Gasteiger partial charge in [0.1, 0.15) is 18.2 Å². The number of rotatable bonds is 7. The van der Waals surface area contributed by atoms with Gasteiger partial charge in [-0.05, 0) is 24.3 Å². The molecule has 0 amide bonds. The Bertz CT molecular complexity index is 592. The molecule has 0 bridgehead atoms. The first-order valence-corrected chi connectivity index (χ1v) is 7.04. The van der Waals surface area contributed by atoms with E-state index in [0.29, 0.717) is 29.4 Å². The van der Waals surface area contributed by atoms with Crippen LogP contribution in [0.4, 0.5) is 4.39 Å². The minimum absolute atomic E-state index is 0.0615. The predicted octanol–water partition coefficient (Wildman–Crippen LogP) is 3.14. The standard InChI is InChI=1S/C16H17ClFNO2/c17-14-5-6-16(13(9-14)10-19-7-8-20)21-11-12-3-1-2-4-15(12)18/h1-6,9,19-20H,7-8,10-11H2. The number of ether oxygens (including phenoxy) is 1. The number of nitrogens with one attached hydrogen (secondary N) is 1. The fourth-order valence-electron chi connectivity index (χ4n) is 1.90. The van der Waals surface area contributed by atoms with Gasteiger partial charge >= 0.3 is 0 Å². The molecular formula is C16H17ClFNO2. The Labute approximate surface area is 128 Å². The van der Waals surface area contributed by atoms with Gasteiger partial charge in [-0.3, -0.25) is 0 Å². The van der Waals surface area contributed by atoms with E-state index in [4.69, 9.17) is 21.4 Å². The second-order valence-electron chi connectivity index (χ2n) is 4.53. The predicted molar refractivity (Wildman–Crippen MR) is 81.0 cm³/mol. The Balaban J connectivity index is 2.06. The van der Waals surface area contributed by atoms with Crippen LogP contribution in [0.5, 0.6) is 5.75 Å². The highest BCUT2D eigenvalue weighted by Crippen LogP contribution is 2.24. The maximum absolute atomic E-state index is 13.6. The highest BCUT2D eigenvalue weighted by atomic mass is 35.5. The molecule has 0 spiro atoms. The SMILES string of the molecule is OCCNCc1cc(Cl)ccc1OCc1ccccc1F. The molecule has 0 aromatic heterocycles. The van der Waals surface area contributed by atoms with Crippen molar-refractivity contribution in [2.24, 2.45) is 0 Å². The molecule has 0 aliphatic heterocycles. The van der Waals surface area contributed by atoms with E-state index >= 15 is 0 Å². The summed E-state index contributed by atoms with van der Waals surface area (Å²) >= 11 is 5.98. The summed E-state index contributed by atoms with van der Waals surface area (Å²) in [5, 5.41) is 12.5. The number of hydrogen-bond donors (Lipinski definition) is 2. The van der Waals surface area contributed by atoms with Crippen molar-refractivity contribution < 1.29 is 14.2 Å². The van der Waals surface area contributed by atoms with Crippen LogP contribution in [-0.4, -0.2) is 18.3 Å². The fraction of sp³-hybridized carbons (Fsp3) is 0.250. The van der Waals surface area contributed by atoms with Crippen LogP contribution in [0.1, 0.15) is 11.1 Å². The highest BCUT2D eigenvalue weighted by molar-refractivity contribution is 6.30. The van der Waals surface area contributed by atoms with E-state index in [-0.39, 0.29) is 19.0 Å². The summed E-state index contributed by atoms with van der Waals surface area (Å²) < 4.78 is 19.3. The molecule has 112 valence electrons. The van der Waals surface area contributed by atoms with E-state index in [9.17, 15) is 4.39 Å². The Morgan fingerprint density at radius 1 is 1.14 bits per heavy atom. The quantitative estimate of drug-likeness (QED) is 0.772. The molecule has 0 aliphatic carbocycles. The topological polar surface area (TPSA) is 41.5 Å². The van der Waals surface area contributed by atoms with Gasteiger partial charge in [0.05, 0.1) is 6.61 Å². The number of benzene rings is 2. The van der Waals surface area contributed by atoms with Crippen molar-refractivity contribution in [3.8, 4) is 5.75 Å². The molecule has 2 aromatic rings. The van der Waals surface area contributed by atoms with Crippen LogP contribution in [0.2, 0.25) is 5.02 Å². The lowest BCUT2D eigenvalue weighted by Crippen LogP contribution is -2.18. The second-order valence-corrected chi connectivity index (χ2v) is 4.97. The van der Waals surface area contributed by atoms with E-state index in [1.807, 2.05) is 0 Å². The van der Waals surface area contributed by atoms with Gasteiger partial charge in [0, 0.05) is 29.2 Å². The van der Waals surface area contributed by atoms with Crippen LogP contribution in [-0.2, 0) is 13.2 Å². The molecule has 2 N–H and O–H groups in total. The molecule has 2 rings (SSSR count). The zero-order valence-corrected chi connectivity index (χ0v) is 12.2. The van der Waals surface area contributed by atoms with Crippen LogP contribution < -0.4 is 10.1 Å². The molecule has 0 unspecified atom stereocenters. The first kappa shape index (κ1) is 15.8. The number of halogens is 2. The molecule has 0 heterocycles. The van der Waals surface area contributed by atoms with E-state index in [1.165, 1.54) is 6.07 Å². The molecule has 5 heteroatoms. The van der Waals surface area contributed by atoms with Crippen molar-refractivity contribution in [2.75, 3.05) is 13.2 Å². The average Bonchev–Trinajstić information content (AvgIpc) is 2.48. The van der Waals surface area contributed by atoms with Crippen LogP contribution in [0, 0.1) is 5.82 Å². The molecule has 0 radical (unpaired) electrons. The minimum Gasteiger partial charge on any atom is -0.488 e. The number of hydrogen-bond acceptors (Lipinski definition) is 3. The van der Waals surface area contributed by atoms with Crippen molar-refractivity contribution in [3.63, 3.8) is 0 Å². The van der Waals surface area contributed by atoms with Gasteiger partial charge in [-0.25, -0.2) is 4.39 Å². The van der Waals surface area contributed by atoms with E-state index in [2.05, 4.69) is 5.32 Å². The molecule has 0 saturated carbocycles. The molecule has 0 atom stereocenters. The van der Waals surface area contributed by atoms with Crippen molar-refractivity contribution in [1.82, 2.24) is 5.32 Å². The summed E-state index contributed by atoms with van der Waals surface area (Å²) in [5.74, 6) is 0.361. The first-order chi connectivity index (χ1) is 10.2. The lowest BCUT2D eigenvalue weighted by molar-refractivity contribution is 0.286. The van der Waals surface area contributed by atoms with Crippen molar-refractivity contribution >= 4 is 11.6 Å². The van der Waals surface area contributed by atoms with Crippen LogP contribution in [0.15, 0.2) is 42.5 Å². The van der Waals surface area contributed by atoms with E-state index in [0.717, 1.165) is 5.56 Å². The normalized spacial score (nSPS) is 10.6. The van der Waals surface area contributed by atoms with E-state index < -0.39 is 0 Å². The third kappa shape index (κ3) is 4.70. The molecule has 0 saturated heterocycles. The molecule has 21 heavy (non-hydrogen) atoms. The summed E-state index contributed by atoms with van der Waals surface area (Å²) in [4.78, 5) is 0. The average molecular weight is 310 g/mol. The maximum atomic E-state index is 13.6. The van der Waals surface area contributed by atoms with Gasteiger partial charge in [0.15, 0.2) is 0 Å². The largest absolute Gasteiger partial charge is 0.488 e. The second kappa shape index (κ2) is 7.98. The fourth-order valence-corrected chi connectivity index (χ4v) is 2.09. The maximum Gasteiger partial charge on any atom is 0.129 e. The van der Waals surface area contributed by atoms with Crippen LogP contribution in [0.25, 0.3) is 0 Å². The molecular weight excluding hydrogens is 293 g/mol. The lowest BCUT2D eigenvalue weighted by Gasteiger charge is -2.13. The van der Waals surface area contributed by atoms with Gasteiger partial charge < -0.3 is 15.2 Å². The monoisotopic (exact) mass is 309 g/mol. The van der Waals surface area contributed by atoms with Gasteiger partial charge in [-0.2, -0.15) is 0 Å². The smallest absolute Gasteiger partial charge is 0.129 e. The molecule has 2 aromatic carbocycles. The lowest BCUT2D eigenvalue weighted by atomic mass is 10.2. The van der Waals surface area contributed by atoms with Gasteiger partial charge in [-0.1, -0.05) is 29.8 Å². The summed E-state index contributed by atoms with van der Waals surface area (Å²) in [5.41, 5.74) is 1.37. The summed E-state index contributed by atoms with van der Waals surface area (Å²) in [6.07, 6.45) is 0. The van der Waals surface area contributed by atoms with Gasteiger partial charge in [0.2, 0.25) is 0 Å². The van der Waals surface area contributed by atoms with Crippen molar-refractivity contribution in [2.45, 2.75) is 13.2 Å². The van der Waals surface area contributed by atoms with Crippen molar-refractivity contribution in [3.05, 3.63) is 64.4 Å². The Kier molecular flexibility index (Phi) is 5.99. The molecule has 0 fully saturated rings. The van der Waals surface area contributed by atoms with Crippen LogP contribution >= 0.6 is 11.6 Å². The first-order valence-electron chi connectivity index (χ1n) is 6.67.